The second-order valence-corrected chi connectivity index (χ2v) is 10.9. The quantitative estimate of drug-likeness (QED) is 0.219. The summed E-state index contributed by atoms with van der Waals surface area (Å²) in [5, 5.41) is 1.31. The van der Waals surface area contributed by atoms with Crippen LogP contribution in [0.15, 0.2) is 112 Å². The largest absolute Gasteiger partial charge is 0.356 e. The smallest absolute Gasteiger partial charge is 0.0603 e. The molecule has 5 aromatic rings. The van der Waals surface area contributed by atoms with E-state index in [0.29, 0.717) is 0 Å². The van der Waals surface area contributed by atoms with Crippen LogP contribution in [0.25, 0.3) is 16.5 Å². The Bertz CT molecular complexity index is 1600. The van der Waals surface area contributed by atoms with Crippen LogP contribution in [0, 0.1) is 0 Å². The fraction of sp³-hybridized carbons (Fsp3) is 0.0968. The molecule has 1 heterocycles. The first-order valence-corrected chi connectivity index (χ1v) is 13.2. The van der Waals surface area contributed by atoms with Gasteiger partial charge < -0.3 is 4.98 Å². The maximum absolute atomic E-state index is 3.90. The van der Waals surface area contributed by atoms with Gasteiger partial charge in [-0.25, -0.2) is 0 Å². The summed E-state index contributed by atoms with van der Waals surface area (Å²) in [5.41, 5.74) is 12.4. The van der Waals surface area contributed by atoms with Crippen LogP contribution in [0.5, 0.6) is 0 Å². The molecule has 1 N–H and O–H groups in total. The molecule has 2 atom stereocenters. The molecule has 0 spiro atoms. The number of aromatic amines is 1. The molecule has 34 heavy (non-hydrogen) atoms. The molecule has 2 aliphatic carbocycles. The van der Waals surface area contributed by atoms with Gasteiger partial charge in [-0.2, -0.15) is 0 Å². The van der Waals surface area contributed by atoms with E-state index >= 15 is 0 Å². The van der Waals surface area contributed by atoms with Crippen LogP contribution in [0.3, 0.4) is 0 Å². The lowest BCUT2D eigenvalue weighted by molar-refractivity contribution is 0.835. The van der Waals surface area contributed by atoms with Crippen molar-refractivity contribution in [3.8, 4) is 0 Å². The monoisotopic (exact) mass is 565 g/mol. The van der Waals surface area contributed by atoms with Crippen LogP contribution >= 0.6 is 31.9 Å². The highest BCUT2D eigenvalue weighted by Crippen LogP contribution is 2.58. The number of hydrogen-bond donors (Lipinski definition) is 1. The first-order valence-electron chi connectivity index (χ1n) is 11.6. The highest BCUT2D eigenvalue weighted by Gasteiger charge is 2.42. The summed E-state index contributed by atoms with van der Waals surface area (Å²) >= 11 is 7.69. The normalized spacial score (nSPS) is 18.6. The fourth-order valence-electron chi connectivity index (χ4n) is 6.12. The molecule has 164 valence electrons. The molecule has 7 rings (SSSR count). The molecule has 0 bridgehead atoms. The maximum Gasteiger partial charge on any atom is 0.0603 e. The number of hydrogen-bond acceptors (Lipinski definition) is 0. The molecule has 2 aliphatic rings. The van der Waals surface area contributed by atoms with Gasteiger partial charge in [-0.05, 0) is 73.4 Å². The Kier molecular flexibility index (Phi) is 4.72. The van der Waals surface area contributed by atoms with Gasteiger partial charge in [-0.1, -0.05) is 101 Å². The Morgan fingerprint density at radius 2 is 1.29 bits per heavy atom. The number of H-pyrrole nitrogens is 1. The first-order chi connectivity index (χ1) is 16.7. The van der Waals surface area contributed by atoms with E-state index in [4.69, 9.17) is 0 Å². The molecule has 0 fully saturated rings. The van der Waals surface area contributed by atoms with Crippen LogP contribution in [0.1, 0.15) is 45.3 Å². The van der Waals surface area contributed by atoms with Crippen molar-refractivity contribution in [3.63, 3.8) is 0 Å². The minimum absolute atomic E-state index is 0.168. The third kappa shape index (κ3) is 2.90. The average molecular weight is 567 g/mol. The van der Waals surface area contributed by atoms with Gasteiger partial charge in [0.05, 0.1) is 5.52 Å². The molecule has 4 aromatic carbocycles. The lowest BCUT2D eigenvalue weighted by atomic mass is 9.70. The number of allylic oxidation sites excluding steroid dienone is 2. The third-order valence-electron chi connectivity index (χ3n) is 7.46. The molecule has 0 saturated heterocycles. The third-order valence-corrected chi connectivity index (χ3v) is 8.86. The van der Waals surface area contributed by atoms with E-state index in [9.17, 15) is 0 Å². The minimum Gasteiger partial charge on any atom is -0.356 e. The molecule has 0 saturated carbocycles. The summed E-state index contributed by atoms with van der Waals surface area (Å²) in [4.78, 5) is 3.90. The second kappa shape index (κ2) is 7.83. The first kappa shape index (κ1) is 20.5. The maximum atomic E-state index is 3.90. The van der Waals surface area contributed by atoms with Crippen LogP contribution in [-0.2, 0) is 6.42 Å². The van der Waals surface area contributed by atoms with E-state index in [-0.39, 0.29) is 11.8 Å². The van der Waals surface area contributed by atoms with Gasteiger partial charge in [0.1, 0.15) is 0 Å². The van der Waals surface area contributed by atoms with Gasteiger partial charge in [0, 0.05) is 31.9 Å². The van der Waals surface area contributed by atoms with Crippen LogP contribution in [0.4, 0.5) is 0 Å². The van der Waals surface area contributed by atoms with Crippen LogP contribution in [-0.4, -0.2) is 4.98 Å². The highest BCUT2D eigenvalue weighted by atomic mass is 79.9. The molecule has 0 radical (unpaired) electrons. The van der Waals surface area contributed by atoms with Gasteiger partial charge in [-0.3, -0.25) is 0 Å². The molecule has 3 heteroatoms. The van der Waals surface area contributed by atoms with Crippen LogP contribution < -0.4 is 0 Å². The zero-order valence-electron chi connectivity index (χ0n) is 18.4. The highest BCUT2D eigenvalue weighted by molar-refractivity contribution is 9.11. The van der Waals surface area contributed by atoms with E-state index in [0.717, 1.165) is 10.9 Å². The topological polar surface area (TPSA) is 15.8 Å². The predicted octanol–water partition coefficient (Wildman–Crippen LogP) is 8.98. The number of benzene rings is 4. The second-order valence-electron chi connectivity index (χ2n) is 9.18. The van der Waals surface area contributed by atoms with Crippen molar-refractivity contribution in [2.24, 2.45) is 0 Å². The number of rotatable bonds is 2. The van der Waals surface area contributed by atoms with Crippen molar-refractivity contribution in [3.05, 3.63) is 145 Å². The SMILES string of the molecule is Brc1cccc2c1CC1=C2C(c2ccccc2)c2[nH]c3c(Br)cccc3c2C1c1ccccc1. The summed E-state index contributed by atoms with van der Waals surface area (Å²) in [5.74, 6) is 0.384. The van der Waals surface area contributed by atoms with Crippen molar-refractivity contribution in [1.82, 2.24) is 4.98 Å². The molecule has 0 aliphatic heterocycles. The van der Waals surface area contributed by atoms with E-state index in [2.05, 4.69) is 134 Å². The van der Waals surface area contributed by atoms with Crippen molar-refractivity contribution < 1.29 is 0 Å². The summed E-state index contributed by atoms with van der Waals surface area (Å²) < 4.78 is 2.32. The lowest BCUT2D eigenvalue weighted by Crippen LogP contribution is -2.18. The Morgan fingerprint density at radius 3 is 2.03 bits per heavy atom. The van der Waals surface area contributed by atoms with Crippen molar-refractivity contribution >= 4 is 48.3 Å². The Labute approximate surface area is 215 Å². The minimum atomic E-state index is 0.168. The van der Waals surface area contributed by atoms with Gasteiger partial charge in [0.2, 0.25) is 0 Å². The number of aromatic nitrogens is 1. The zero-order chi connectivity index (χ0) is 22.8. The number of para-hydroxylation sites is 1. The summed E-state index contributed by atoms with van der Waals surface area (Å²) in [6.45, 7) is 0. The van der Waals surface area contributed by atoms with Gasteiger partial charge in [0.25, 0.3) is 0 Å². The molecule has 1 nitrogen and oxygen atoms in total. The van der Waals surface area contributed by atoms with Crippen molar-refractivity contribution in [2.45, 2.75) is 18.3 Å². The van der Waals surface area contributed by atoms with E-state index in [1.807, 2.05) is 0 Å². The van der Waals surface area contributed by atoms with Crippen molar-refractivity contribution in [2.75, 3.05) is 0 Å². The standard InChI is InChI=1S/C31H21Br2N/c32-24-15-7-13-20-22(24)17-23-26(18-9-3-1-4-10-18)29-21-14-8-16-25(33)30(21)34-31(29)27(28(20)23)19-11-5-2-6-12-19/h1-16,26-27,34H,17H2. The van der Waals surface area contributed by atoms with E-state index in [1.165, 1.54) is 60.0 Å². The number of fused-ring (bicyclic) bond motifs is 5. The van der Waals surface area contributed by atoms with Gasteiger partial charge >= 0.3 is 0 Å². The van der Waals surface area contributed by atoms with Crippen molar-refractivity contribution in [1.29, 1.82) is 0 Å². The fourth-order valence-corrected chi connectivity index (χ4v) is 7.09. The Morgan fingerprint density at radius 1 is 0.647 bits per heavy atom. The van der Waals surface area contributed by atoms with E-state index in [1.54, 1.807) is 0 Å². The average Bonchev–Trinajstić information content (AvgIpc) is 3.45. The Balaban J connectivity index is 1.62. The molecular formula is C31H21Br2N. The lowest BCUT2D eigenvalue weighted by Gasteiger charge is -2.33. The van der Waals surface area contributed by atoms with Gasteiger partial charge in [0.15, 0.2) is 0 Å². The molecule has 2 unspecified atom stereocenters. The van der Waals surface area contributed by atoms with Crippen LogP contribution in [0.2, 0.25) is 0 Å². The molecular weight excluding hydrogens is 546 g/mol. The van der Waals surface area contributed by atoms with E-state index < -0.39 is 0 Å². The summed E-state index contributed by atoms with van der Waals surface area (Å²) in [6, 6.07) is 35.2. The predicted molar refractivity (Wildman–Crippen MR) is 147 cm³/mol. The summed E-state index contributed by atoms with van der Waals surface area (Å²) in [6.07, 6.45) is 0.967. The number of halogens is 2. The van der Waals surface area contributed by atoms with Gasteiger partial charge in [-0.15, -0.1) is 0 Å². The zero-order valence-corrected chi connectivity index (χ0v) is 21.5. The number of nitrogens with one attached hydrogen (secondary N) is 1. The Hall–Kier alpha value is -2.88. The molecule has 0 amide bonds. The molecule has 1 aromatic heterocycles. The summed E-state index contributed by atoms with van der Waals surface area (Å²) in [7, 11) is 0.